The molecule has 1 saturated heterocycles. The summed E-state index contributed by atoms with van der Waals surface area (Å²) in [6.45, 7) is 3.33. The van der Waals surface area contributed by atoms with Gasteiger partial charge in [-0.1, -0.05) is 19.3 Å². The molecule has 2 N–H and O–H groups in total. The van der Waals surface area contributed by atoms with Crippen LogP contribution < -0.4 is 10.6 Å². The molecule has 0 aromatic carbocycles. The van der Waals surface area contributed by atoms with Gasteiger partial charge in [0, 0.05) is 19.6 Å². The van der Waals surface area contributed by atoms with Crippen molar-refractivity contribution in [1.82, 2.24) is 15.5 Å². The quantitative estimate of drug-likeness (QED) is 0.760. The zero-order valence-corrected chi connectivity index (χ0v) is 12.9. The molecule has 0 radical (unpaired) electrons. The average molecular weight is 294 g/mol. The minimum atomic E-state index is -0.633. The number of hydrogen-bond donors (Lipinski definition) is 2. The third kappa shape index (κ3) is 4.67. The van der Waals surface area contributed by atoms with E-state index in [1.807, 2.05) is 7.05 Å². The molecule has 1 atom stereocenters. The highest BCUT2D eigenvalue weighted by Crippen LogP contribution is 2.27. The van der Waals surface area contributed by atoms with Gasteiger partial charge >= 0.3 is 0 Å². The number of rotatable bonds is 5. The van der Waals surface area contributed by atoms with Crippen LogP contribution in [-0.2, 0) is 9.53 Å². The van der Waals surface area contributed by atoms with E-state index in [-0.39, 0.29) is 12.0 Å². The molecule has 0 spiro atoms. The van der Waals surface area contributed by atoms with Crippen LogP contribution in [0.15, 0.2) is 0 Å². The van der Waals surface area contributed by atoms with E-state index in [1.165, 1.54) is 0 Å². The Morgan fingerprint density at radius 3 is 2.86 bits per heavy atom. The summed E-state index contributed by atoms with van der Waals surface area (Å²) in [5.41, 5.74) is -0.633. The lowest BCUT2D eigenvalue weighted by Gasteiger charge is -2.35. The number of carbonyl (C=O) groups is 1. The summed E-state index contributed by atoms with van der Waals surface area (Å²) in [5, 5.41) is 15.5. The monoisotopic (exact) mass is 294 g/mol. The lowest BCUT2D eigenvalue weighted by atomic mass is 9.83. The molecule has 0 bridgehead atoms. The lowest BCUT2D eigenvalue weighted by molar-refractivity contribution is -0.125. The summed E-state index contributed by atoms with van der Waals surface area (Å²) in [6, 6.07) is 2.33. The number of likely N-dealkylation sites (N-methyl/N-ethyl adjacent to an activating group) is 1. The van der Waals surface area contributed by atoms with Crippen LogP contribution in [0.2, 0.25) is 0 Å². The second-order valence-corrected chi connectivity index (χ2v) is 6.09. The van der Waals surface area contributed by atoms with Gasteiger partial charge in [-0.05, 0) is 19.9 Å². The minimum absolute atomic E-state index is 0.0384. The lowest BCUT2D eigenvalue weighted by Crippen LogP contribution is -2.54. The first kappa shape index (κ1) is 16.2. The molecule has 21 heavy (non-hydrogen) atoms. The van der Waals surface area contributed by atoms with E-state index in [0.717, 1.165) is 51.7 Å². The fraction of sp³-hybridized carbons (Fsp3) is 0.867. The maximum absolute atomic E-state index is 12.2. The molecule has 0 aromatic heterocycles. The van der Waals surface area contributed by atoms with Gasteiger partial charge in [0.2, 0.25) is 5.91 Å². The number of nitriles is 1. The second kappa shape index (κ2) is 7.74. The Hall–Kier alpha value is -1.16. The van der Waals surface area contributed by atoms with Crippen LogP contribution in [0, 0.1) is 11.3 Å². The van der Waals surface area contributed by atoms with Crippen LogP contribution >= 0.6 is 0 Å². The highest BCUT2D eigenvalue weighted by Gasteiger charge is 2.34. The zero-order valence-electron chi connectivity index (χ0n) is 12.9. The Morgan fingerprint density at radius 2 is 2.19 bits per heavy atom. The van der Waals surface area contributed by atoms with Crippen molar-refractivity contribution in [3.05, 3.63) is 0 Å². The fourth-order valence-corrected chi connectivity index (χ4v) is 3.20. The van der Waals surface area contributed by atoms with Gasteiger partial charge in [-0.3, -0.25) is 9.69 Å². The van der Waals surface area contributed by atoms with Crippen LogP contribution in [0.25, 0.3) is 0 Å². The first-order valence-corrected chi connectivity index (χ1v) is 7.88. The van der Waals surface area contributed by atoms with Crippen LogP contribution in [0.4, 0.5) is 0 Å². The Labute approximate surface area is 126 Å². The summed E-state index contributed by atoms with van der Waals surface area (Å²) >= 11 is 0. The Balaban J connectivity index is 1.82. The van der Waals surface area contributed by atoms with Crippen molar-refractivity contribution in [2.75, 3.05) is 39.8 Å². The van der Waals surface area contributed by atoms with E-state index in [9.17, 15) is 10.1 Å². The number of amides is 1. The largest absolute Gasteiger partial charge is 0.374 e. The molecule has 1 amide bonds. The molecule has 6 heteroatoms. The number of morpholine rings is 1. The predicted molar refractivity (Wildman–Crippen MR) is 79.7 cm³/mol. The van der Waals surface area contributed by atoms with E-state index in [0.29, 0.717) is 13.2 Å². The second-order valence-electron chi connectivity index (χ2n) is 6.09. The zero-order chi connectivity index (χ0) is 15.1. The number of nitrogens with one attached hydrogen (secondary N) is 2. The molecule has 1 heterocycles. The molecule has 0 aromatic rings. The number of nitrogens with zero attached hydrogens (tertiary/aromatic N) is 2. The Kier molecular flexibility index (Phi) is 5.97. The summed E-state index contributed by atoms with van der Waals surface area (Å²) < 4.78 is 5.63. The molecule has 2 fully saturated rings. The highest BCUT2D eigenvalue weighted by atomic mass is 16.5. The normalized spacial score (nSPS) is 26.0. The first-order valence-electron chi connectivity index (χ1n) is 7.88. The maximum Gasteiger partial charge on any atom is 0.235 e. The minimum Gasteiger partial charge on any atom is -0.374 e. The predicted octanol–water partition coefficient (Wildman–Crippen LogP) is 0.249. The molecular weight excluding hydrogens is 268 g/mol. The van der Waals surface area contributed by atoms with E-state index >= 15 is 0 Å². The summed E-state index contributed by atoms with van der Waals surface area (Å²) in [4.78, 5) is 14.4. The van der Waals surface area contributed by atoms with Gasteiger partial charge in [0.15, 0.2) is 0 Å². The molecule has 118 valence electrons. The smallest absolute Gasteiger partial charge is 0.235 e. The topological polar surface area (TPSA) is 77.4 Å². The average Bonchev–Trinajstić information content (AvgIpc) is 2.49. The van der Waals surface area contributed by atoms with Crippen molar-refractivity contribution < 1.29 is 9.53 Å². The standard InChI is InChI=1S/C15H26N4O2/c1-17-9-13-10-19(7-8-21-13)11-14(20)18-15(12-16)5-3-2-4-6-15/h13,17H,2-11H2,1H3,(H,18,20). The van der Waals surface area contributed by atoms with Crippen molar-refractivity contribution in [2.45, 2.75) is 43.7 Å². The van der Waals surface area contributed by atoms with E-state index in [1.54, 1.807) is 0 Å². The molecule has 2 rings (SSSR count). The van der Waals surface area contributed by atoms with Gasteiger partial charge in [-0.2, -0.15) is 5.26 Å². The van der Waals surface area contributed by atoms with Crippen molar-refractivity contribution in [1.29, 1.82) is 5.26 Å². The van der Waals surface area contributed by atoms with Gasteiger partial charge in [-0.15, -0.1) is 0 Å². The Bertz CT molecular complexity index is 386. The summed E-state index contributed by atoms with van der Waals surface area (Å²) in [5.74, 6) is -0.0384. The molecule has 1 aliphatic heterocycles. The Morgan fingerprint density at radius 1 is 1.43 bits per heavy atom. The van der Waals surface area contributed by atoms with Crippen molar-refractivity contribution >= 4 is 5.91 Å². The first-order chi connectivity index (χ1) is 10.2. The van der Waals surface area contributed by atoms with Gasteiger partial charge in [0.1, 0.15) is 5.54 Å². The van der Waals surface area contributed by atoms with Gasteiger partial charge < -0.3 is 15.4 Å². The summed E-state index contributed by atoms with van der Waals surface area (Å²) in [6.07, 6.45) is 4.90. The van der Waals surface area contributed by atoms with Gasteiger partial charge in [0.05, 0.1) is 25.3 Å². The number of hydrogen-bond acceptors (Lipinski definition) is 5. The number of carbonyl (C=O) groups excluding carboxylic acids is 1. The SMILES string of the molecule is CNCC1CN(CC(=O)NC2(C#N)CCCCC2)CCO1. The van der Waals surface area contributed by atoms with E-state index < -0.39 is 5.54 Å². The molecule has 1 saturated carbocycles. The van der Waals surface area contributed by atoms with Crippen LogP contribution in [0.1, 0.15) is 32.1 Å². The molecule has 1 unspecified atom stereocenters. The third-order valence-electron chi connectivity index (χ3n) is 4.32. The van der Waals surface area contributed by atoms with E-state index in [2.05, 4.69) is 21.6 Å². The van der Waals surface area contributed by atoms with Crippen molar-refractivity contribution in [3.63, 3.8) is 0 Å². The van der Waals surface area contributed by atoms with Crippen LogP contribution in [-0.4, -0.2) is 62.3 Å². The van der Waals surface area contributed by atoms with Crippen molar-refractivity contribution in [3.8, 4) is 6.07 Å². The van der Waals surface area contributed by atoms with Crippen LogP contribution in [0.5, 0.6) is 0 Å². The highest BCUT2D eigenvalue weighted by molar-refractivity contribution is 5.79. The van der Waals surface area contributed by atoms with E-state index in [4.69, 9.17) is 4.74 Å². The number of ether oxygens (including phenoxy) is 1. The maximum atomic E-state index is 12.2. The molecule has 2 aliphatic rings. The molecule has 6 nitrogen and oxygen atoms in total. The molecule has 1 aliphatic carbocycles. The van der Waals surface area contributed by atoms with Crippen LogP contribution in [0.3, 0.4) is 0 Å². The van der Waals surface area contributed by atoms with Gasteiger partial charge in [0.25, 0.3) is 0 Å². The third-order valence-corrected chi connectivity index (χ3v) is 4.32. The van der Waals surface area contributed by atoms with Crippen molar-refractivity contribution in [2.24, 2.45) is 0 Å². The summed E-state index contributed by atoms with van der Waals surface area (Å²) in [7, 11) is 1.90. The fourth-order valence-electron chi connectivity index (χ4n) is 3.20. The molecular formula is C15H26N4O2. The van der Waals surface area contributed by atoms with Gasteiger partial charge in [-0.25, -0.2) is 0 Å².